The van der Waals surface area contributed by atoms with Gasteiger partial charge in [0.15, 0.2) is 0 Å². The first-order valence-electron chi connectivity index (χ1n) is 6.67. The third-order valence-corrected chi connectivity index (χ3v) is 3.58. The molecular formula is C13H24N2O2. The Bertz CT molecular complexity index is 279. The molecule has 0 saturated carbocycles. The van der Waals surface area contributed by atoms with E-state index in [0.717, 1.165) is 19.4 Å². The first-order chi connectivity index (χ1) is 8.10. The summed E-state index contributed by atoms with van der Waals surface area (Å²) in [6, 6.07) is -0.313. The molecule has 17 heavy (non-hydrogen) atoms. The average Bonchev–Trinajstić information content (AvgIpc) is 2.33. The van der Waals surface area contributed by atoms with Gasteiger partial charge in [0.2, 0.25) is 11.8 Å². The third-order valence-electron chi connectivity index (χ3n) is 3.58. The lowest BCUT2D eigenvalue weighted by Crippen LogP contribution is -2.58. The first kappa shape index (κ1) is 14.0. The molecule has 0 aromatic heterocycles. The van der Waals surface area contributed by atoms with Crippen molar-refractivity contribution in [1.82, 2.24) is 10.2 Å². The molecule has 2 atom stereocenters. The minimum absolute atomic E-state index is 0.0325. The smallest absolute Gasteiger partial charge is 0.242 e. The molecule has 1 saturated heterocycles. The van der Waals surface area contributed by atoms with E-state index in [0.29, 0.717) is 5.92 Å². The maximum absolute atomic E-state index is 11.8. The van der Waals surface area contributed by atoms with E-state index in [-0.39, 0.29) is 24.4 Å². The zero-order valence-corrected chi connectivity index (χ0v) is 11.2. The van der Waals surface area contributed by atoms with Crippen LogP contribution < -0.4 is 5.32 Å². The zero-order chi connectivity index (χ0) is 12.8. The van der Waals surface area contributed by atoms with Crippen molar-refractivity contribution in [3.8, 4) is 0 Å². The number of nitrogens with zero attached hydrogens (tertiary/aromatic N) is 1. The Balaban J connectivity index is 2.56. The van der Waals surface area contributed by atoms with E-state index in [2.05, 4.69) is 19.2 Å². The van der Waals surface area contributed by atoms with E-state index < -0.39 is 0 Å². The summed E-state index contributed by atoms with van der Waals surface area (Å²) in [5.41, 5.74) is 0. The molecule has 1 N–H and O–H groups in total. The van der Waals surface area contributed by atoms with Crippen LogP contribution in [-0.2, 0) is 9.59 Å². The molecule has 1 heterocycles. The maximum atomic E-state index is 11.8. The van der Waals surface area contributed by atoms with Gasteiger partial charge in [-0.05, 0) is 19.3 Å². The Morgan fingerprint density at radius 3 is 2.71 bits per heavy atom. The molecule has 1 rings (SSSR count). The summed E-state index contributed by atoms with van der Waals surface area (Å²) in [5, 5.41) is 2.62. The standard InChI is InChI=1S/C13H24N2O2/c1-4-6-7-11(5-2)9-15-10(3)13(17)14-8-12(15)16/h10-11H,4-9H2,1-3H3,(H,14,17). The summed E-state index contributed by atoms with van der Waals surface area (Å²) in [7, 11) is 0. The fourth-order valence-corrected chi connectivity index (χ4v) is 2.22. The number of rotatable bonds is 6. The van der Waals surface area contributed by atoms with E-state index in [9.17, 15) is 9.59 Å². The molecular weight excluding hydrogens is 216 g/mol. The topological polar surface area (TPSA) is 49.4 Å². The largest absolute Gasteiger partial charge is 0.345 e. The normalized spacial score (nSPS) is 22.5. The van der Waals surface area contributed by atoms with Crippen molar-refractivity contribution < 1.29 is 9.59 Å². The van der Waals surface area contributed by atoms with Crippen molar-refractivity contribution in [1.29, 1.82) is 0 Å². The number of carbonyl (C=O) groups excluding carboxylic acids is 2. The number of piperazine rings is 1. The molecule has 0 spiro atoms. The van der Waals surface area contributed by atoms with Crippen LogP contribution in [0.5, 0.6) is 0 Å². The van der Waals surface area contributed by atoms with Crippen molar-refractivity contribution in [2.24, 2.45) is 5.92 Å². The molecule has 2 amide bonds. The summed E-state index contributed by atoms with van der Waals surface area (Å²) in [6.45, 7) is 7.02. The summed E-state index contributed by atoms with van der Waals surface area (Å²) in [6.07, 6.45) is 4.59. The Hall–Kier alpha value is -1.06. The quantitative estimate of drug-likeness (QED) is 0.766. The monoisotopic (exact) mass is 240 g/mol. The van der Waals surface area contributed by atoms with Gasteiger partial charge < -0.3 is 10.2 Å². The number of carbonyl (C=O) groups is 2. The molecule has 1 aliphatic rings. The summed E-state index contributed by atoms with van der Waals surface area (Å²) in [4.78, 5) is 25.1. The highest BCUT2D eigenvalue weighted by atomic mass is 16.2. The Morgan fingerprint density at radius 1 is 1.41 bits per heavy atom. The second-order valence-electron chi connectivity index (χ2n) is 4.86. The van der Waals surface area contributed by atoms with Gasteiger partial charge in [-0.15, -0.1) is 0 Å². The second-order valence-corrected chi connectivity index (χ2v) is 4.86. The van der Waals surface area contributed by atoms with Gasteiger partial charge in [0.1, 0.15) is 6.04 Å². The van der Waals surface area contributed by atoms with E-state index >= 15 is 0 Å². The lowest BCUT2D eigenvalue weighted by molar-refractivity contribution is -0.145. The fourth-order valence-electron chi connectivity index (χ4n) is 2.22. The van der Waals surface area contributed by atoms with Crippen molar-refractivity contribution in [3.05, 3.63) is 0 Å². The van der Waals surface area contributed by atoms with Crippen LogP contribution in [-0.4, -0.2) is 35.8 Å². The van der Waals surface area contributed by atoms with Gasteiger partial charge in [0.25, 0.3) is 0 Å². The highest BCUT2D eigenvalue weighted by Crippen LogP contribution is 2.17. The van der Waals surface area contributed by atoms with Crippen LogP contribution >= 0.6 is 0 Å². The van der Waals surface area contributed by atoms with E-state index in [4.69, 9.17) is 0 Å². The zero-order valence-electron chi connectivity index (χ0n) is 11.2. The predicted octanol–water partition coefficient (Wildman–Crippen LogP) is 1.55. The van der Waals surface area contributed by atoms with Crippen molar-refractivity contribution >= 4 is 11.8 Å². The van der Waals surface area contributed by atoms with Crippen LogP contribution in [0.1, 0.15) is 46.5 Å². The molecule has 0 radical (unpaired) electrons. The number of hydrogen-bond donors (Lipinski definition) is 1. The molecule has 1 fully saturated rings. The number of unbranched alkanes of at least 4 members (excludes halogenated alkanes) is 1. The molecule has 0 aromatic rings. The van der Waals surface area contributed by atoms with Crippen molar-refractivity contribution in [2.45, 2.75) is 52.5 Å². The van der Waals surface area contributed by atoms with Gasteiger partial charge in [-0.3, -0.25) is 9.59 Å². The SMILES string of the molecule is CCCCC(CC)CN1C(=O)CNC(=O)C1C. The predicted molar refractivity (Wildman–Crippen MR) is 67.5 cm³/mol. The van der Waals surface area contributed by atoms with Crippen LogP contribution in [0.25, 0.3) is 0 Å². The highest BCUT2D eigenvalue weighted by molar-refractivity contribution is 5.94. The van der Waals surface area contributed by atoms with Crippen molar-refractivity contribution in [3.63, 3.8) is 0 Å². The third kappa shape index (κ3) is 3.72. The molecule has 0 bridgehead atoms. The molecule has 4 heteroatoms. The van der Waals surface area contributed by atoms with Crippen molar-refractivity contribution in [2.75, 3.05) is 13.1 Å². The second kappa shape index (κ2) is 6.62. The lowest BCUT2D eigenvalue weighted by atomic mass is 9.97. The van der Waals surface area contributed by atoms with Gasteiger partial charge in [-0.1, -0.05) is 33.1 Å². The number of hydrogen-bond acceptors (Lipinski definition) is 2. The number of amides is 2. The minimum atomic E-state index is -0.313. The van der Waals surface area contributed by atoms with Gasteiger partial charge in [-0.2, -0.15) is 0 Å². The molecule has 0 aromatic carbocycles. The van der Waals surface area contributed by atoms with Gasteiger partial charge >= 0.3 is 0 Å². The van der Waals surface area contributed by atoms with Gasteiger partial charge in [0.05, 0.1) is 6.54 Å². The van der Waals surface area contributed by atoms with Gasteiger partial charge in [-0.25, -0.2) is 0 Å². The first-order valence-corrected chi connectivity index (χ1v) is 6.67. The minimum Gasteiger partial charge on any atom is -0.345 e. The van der Waals surface area contributed by atoms with E-state index in [1.54, 1.807) is 11.8 Å². The van der Waals surface area contributed by atoms with Gasteiger partial charge in [0, 0.05) is 6.54 Å². The Labute approximate surface area is 104 Å². The van der Waals surface area contributed by atoms with Crippen LogP contribution in [0.3, 0.4) is 0 Å². The molecule has 2 unspecified atom stereocenters. The summed E-state index contributed by atoms with van der Waals surface area (Å²) < 4.78 is 0. The average molecular weight is 240 g/mol. The van der Waals surface area contributed by atoms with Crippen LogP contribution in [0.2, 0.25) is 0 Å². The fraction of sp³-hybridized carbons (Fsp3) is 0.846. The maximum Gasteiger partial charge on any atom is 0.242 e. The van der Waals surface area contributed by atoms with Crippen LogP contribution in [0, 0.1) is 5.92 Å². The highest BCUT2D eigenvalue weighted by Gasteiger charge is 2.31. The van der Waals surface area contributed by atoms with E-state index in [1.165, 1.54) is 12.8 Å². The lowest BCUT2D eigenvalue weighted by Gasteiger charge is -2.35. The summed E-state index contributed by atoms with van der Waals surface area (Å²) >= 11 is 0. The molecule has 98 valence electrons. The molecule has 0 aliphatic carbocycles. The van der Waals surface area contributed by atoms with Crippen LogP contribution in [0.4, 0.5) is 0 Å². The van der Waals surface area contributed by atoms with Crippen LogP contribution in [0.15, 0.2) is 0 Å². The Morgan fingerprint density at radius 2 is 2.12 bits per heavy atom. The number of nitrogens with one attached hydrogen (secondary N) is 1. The van der Waals surface area contributed by atoms with E-state index in [1.807, 2.05) is 0 Å². The summed E-state index contributed by atoms with van der Waals surface area (Å²) in [5.74, 6) is 0.536. The molecule has 1 aliphatic heterocycles. The Kier molecular flexibility index (Phi) is 5.45. The molecule has 4 nitrogen and oxygen atoms in total.